The number of carbonyl (C=O) groups is 1. The monoisotopic (exact) mass is 217 g/mol. The van der Waals surface area contributed by atoms with Gasteiger partial charge in [0, 0.05) is 0 Å². The molecule has 0 spiro atoms. The molecular weight excluding hydrogens is 206 g/mol. The van der Waals surface area contributed by atoms with Gasteiger partial charge in [0.2, 0.25) is 11.0 Å². The van der Waals surface area contributed by atoms with Crippen LogP contribution in [-0.4, -0.2) is 28.1 Å². The topological polar surface area (TPSA) is 54.9 Å². The van der Waals surface area contributed by atoms with Gasteiger partial charge in [-0.2, -0.15) is 11.8 Å². The van der Waals surface area contributed by atoms with Crippen LogP contribution in [0.4, 0.5) is 5.13 Å². The highest BCUT2D eigenvalue weighted by atomic mass is 32.2. The summed E-state index contributed by atoms with van der Waals surface area (Å²) in [6.45, 7) is 2.01. The molecule has 1 rings (SSSR count). The van der Waals surface area contributed by atoms with Gasteiger partial charge < -0.3 is 0 Å². The van der Waals surface area contributed by atoms with Crippen LogP contribution < -0.4 is 5.32 Å². The molecule has 0 radical (unpaired) electrons. The summed E-state index contributed by atoms with van der Waals surface area (Å²) in [6, 6.07) is 0. The molecule has 6 heteroatoms. The molecule has 0 bridgehead atoms. The number of nitrogens with zero attached hydrogens (tertiary/aromatic N) is 2. The number of hydrogen-bond donors (Lipinski definition) is 1. The van der Waals surface area contributed by atoms with E-state index < -0.39 is 0 Å². The average Bonchev–Trinajstić information content (AvgIpc) is 2.52. The Kier molecular flexibility index (Phi) is 4.17. The lowest BCUT2D eigenvalue weighted by molar-refractivity contribution is -0.113. The van der Waals surface area contributed by atoms with Crippen LogP contribution in [0.1, 0.15) is 11.9 Å². The lowest BCUT2D eigenvalue weighted by Crippen LogP contribution is -2.13. The van der Waals surface area contributed by atoms with E-state index in [0.29, 0.717) is 10.9 Å². The van der Waals surface area contributed by atoms with Gasteiger partial charge in [0.1, 0.15) is 5.01 Å². The number of thioether (sulfide) groups is 1. The molecule has 0 aromatic carbocycles. The van der Waals surface area contributed by atoms with E-state index in [1.54, 1.807) is 0 Å². The predicted octanol–water partition coefficient (Wildman–Crippen LogP) is 1.40. The first-order valence-electron chi connectivity index (χ1n) is 3.87. The number of rotatable bonds is 4. The second-order valence-electron chi connectivity index (χ2n) is 2.34. The first-order chi connectivity index (χ1) is 6.26. The molecule has 1 aromatic rings. The second-order valence-corrected chi connectivity index (χ2v) is 4.26. The predicted molar refractivity (Wildman–Crippen MR) is 56.3 cm³/mol. The van der Waals surface area contributed by atoms with Crippen molar-refractivity contribution in [2.24, 2.45) is 0 Å². The fourth-order valence-corrected chi connectivity index (χ4v) is 1.76. The van der Waals surface area contributed by atoms with Gasteiger partial charge in [-0.25, -0.2) is 0 Å². The Morgan fingerprint density at radius 3 is 2.92 bits per heavy atom. The van der Waals surface area contributed by atoms with Crippen LogP contribution in [-0.2, 0) is 11.2 Å². The van der Waals surface area contributed by atoms with Gasteiger partial charge in [0.25, 0.3) is 0 Å². The second kappa shape index (κ2) is 5.18. The van der Waals surface area contributed by atoms with Gasteiger partial charge >= 0.3 is 0 Å². The number of nitrogens with one attached hydrogen (secondary N) is 1. The number of carbonyl (C=O) groups excluding carboxylic acids is 1. The van der Waals surface area contributed by atoms with E-state index in [2.05, 4.69) is 15.5 Å². The van der Waals surface area contributed by atoms with Crippen LogP contribution in [0.15, 0.2) is 0 Å². The van der Waals surface area contributed by atoms with Crippen LogP contribution in [0.2, 0.25) is 0 Å². The van der Waals surface area contributed by atoms with Crippen molar-refractivity contribution in [1.82, 2.24) is 10.2 Å². The first kappa shape index (κ1) is 10.5. The fraction of sp³-hybridized carbons (Fsp3) is 0.571. The summed E-state index contributed by atoms with van der Waals surface area (Å²) in [5.74, 6) is 0.437. The number of hydrogen-bond acceptors (Lipinski definition) is 5. The van der Waals surface area contributed by atoms with Gasteiger partial charge in [0.15, 0.2) is 0 Å². The first-order valence-corrected chi connectivity index (χ1v) is 6.08. The van der Waals surface area contributed by atoms with E-state index in [-0.39, 0.29) is 5.91 Å². The molecule has 0 aliphatic rings. The lowest BCUT2D eigenvalue weighted by Gasteiger charge is -1.96. The van der Waals surface area contributed by atoms with Crippen molar-refractivity contribution in [3.05, 3.63) is 5.01 Å². The van der Waals surface area contributed by atoms with Gasteiger partial charge in [0.05, 0.1) is 5.75 Å². The highest BCUT2D eigenvalue weighted by molar-refractivity contribution is 7.99. The van der Waals surface area contributed by atoms with Crippen molar-refractivity contribution in [2.75, 3.05) is 17.3 Å². The van der Waals surface area contributed by atoms with Crippen molar-refractivity contribution in [3.63, 3.8) is 0 Å². The van der Waals surface area contributed by atoms with Crippen LogP contribution in [0, 0.1) is 0 Å². The number of anilines is 1. The van der Waals surface area contributed by atoms with Gasteiger partial charge in [-0.1, -0.05) is 18.3 Å². The van der Waals surface area contributed by atoms with E-state index >= 15 is 0 Å². The molecule has 0 fully saturated rings. The summed E-state index contributed by atoms with van der Waals surface area (Å²) >= 11 is 2.91. The zero-order valence-corrected chi connectivity index (χ0v) is 9.17. The maximum atomic E-state index is 11.1. The van der Waals surface area contributed by atoms with Crippen molar-refractivity contribution in [1.29, 1.82) is 0 Å². The Bertz CT molecular complexity index is 287. The van der Waals surface area contributed by atoms with Gasteiger partial charge in [-0.3, -0.25) is 10.1 Å². The lowest BCUT2D eigenvalue weighted by atomic mass is 10.5. The summed E-state index contributed by atoms with van der Waals surface area (Å²) in [5.41, 5.74) is 0. The quantitative estimate of drug-likeness (QED) is 0.828. The van der Waals surface area contributed by atoms with Gasteiger partial charge in [-0.05, 0) is 12.7 Å². The van der Waals surface area contributed by atoms with Gasteiger partial charge in [-0.15, -0.1) is 10.2 Å². The molecule has 4 nitrogen and oxygen atoms in total. The SMILES string of the molecule is CCc1nnc(NC(=O)CSC)s1. The molecule has 13 heavy (non-hydrogen) atoms. The van der Waals surface area contributed by atoms with E-state index in [4.69, 9.17) is 0 Å². The smallest absolute Gasteiger partial charge is 0.236 e. The van der Waals surface area contributed by atoms with E-state index in [1.807, 2.05) is 13.2 Å². The van der Waals surface area contributed by atoms with Crippen LogP contribution in [0.25, 0.3) is 0 Å². The molecular formula is C7H11N3OS2. The van der Waals surface area contributed by atoms with E-state index in [9.17, 15) is 4.79 Å². The van der Waals surface area contributed by atoms with E-state index in [0.717, 1.165) is 11.4 Å². The zero-order valence-electron chi connectivity index (χ0n) is 7.53. The van der Waals surface area contributed by atoms with Crippen LogP contribution in [0.5, 0.6) is 0 Å². The summed E-state index contributed by atoms with van der Waals surface area (Å²) in [6.07, 6.45) is 2.74. The molecule has 0 aliphatic heterocycles. The summed E-state index contributed by atoms with van der Waals surface area (Å²) in [5, 5.41) is 12.0. The molecule has 0 unspecified atom stereocenters. The molecule has 0 atom stereocenters. The minimum absolute atomic E-state index is 0.0219. The van der Waals surface area contributed by atoms with Crippen LogP contribution in [0.3, 0.4) is 0 Å². The summed E-state index contributed by atoms with van der Waals surface area (Å²) in [7, 11) is 0. The number of aromatic nitrogens is 2. The standard InChI is InChI=1S/C7H11N3OS2/c1-3-6-9-10-7(13-6)8-5(11)4-12-2/h3-4H2,1-2H3,(H,8,10,11). The normalized spacial score (nSPS) is 10.0. The third kappa shape index (κ3) is 3.31. The highest BCUT2D eigenvalue weighted by Crippen LogP contribution is 2.15. The van der Waals surface area contributed by atoms with E-state index in [1.165, 1.54) is 23.1 Å². The molecule has 1 amide bonds. The van der Waals surface area contributed by atoms with Crippen molar-refractivity contribution >= 4 is 34.1 Å². The molecule has 1 heterocycles. The Labute approximate surface area is 85.1 Å². The Balaban J connectivity index is 2.49. The number of amides is 1. The number of aryl methyl sites for hydroxylation is 1. The fourth-order valence-electron chi connectivity index (χ4n) is 0.733. The van der Waals surface area contributed by atoms with Crippen molar-refractivity contribution < 1.29 is 4.79 Å². The molecule has 72 valence electrons. The third-order valence-electron chi connectivity index (χ3n) is 1.29. The van der Waals surface area contributed by atoms with Crippen molar-refractivity contribution in [3.8, 4) is 0 Å². The highest BCUT2D eigenvalue weighted by Gasteiger charge is 2.05. The maximum Gasteiger partial charge on any atom is 0.236 e. The molecule has 0 aliphatic carbocycles. The minimum atomic E-state index is -0.0219. The van der Waals surface area contributed by atoms with Crippen LogP contribution >= 0.6 is 23.1 Å². The Morgan fingerprint density at radius 1 is 1.62 bits per heavy atom. The minimum Gasteiger partial charge on any atom is -0.300 e. The molecule has 0 saturated carbocycles. The third-order valence-corrected chi connectivity index (χ3v) is 2.82. The Hall–Kier alpha value is -0.620. The zero-order chi connectivity index (χ0) is 9.68. The largest absolute Gasteiger partial charge is 0.300 e. The maximum absolute atomic E-state index is 11.1. The summed E-state index contributed by atoms with van der Waals surface area (Å²) in [4.78, 5) is 11.1. The van der Waals surface area contributed by atoms with Crippen molar-refractivity contribution in [2.45, 2.75) is 13.3 Å². The molecule has 1 aromatic heterocycles. The average molecular weight is 217 g/mol. The summed E-state index contributed by atoms with van der Waals surface area (Å²) < 4.78 is 0. The molecule has 1 N–H and O–H groups in total. The Morgan fingerprint density at radius 2 is 2.38 bits per heavy atom. The molecule has 0 saturated heterocycles.